The fourth-order valence-corrected chi connectivity index (χ4v) is 1.83. The molecule has 1 aromatic rings. The van der Waals surface area contributed by atoms with Gasteiger partial charge >= 0.3 is 0 Å². The molecule has 3 heteroatoms. The number of ether oxygens (including phenoxy) is 2. The van der Waals surface area contributed by atoms with Crippen LogP contribution in [0.3, 0.4) is 0 Å². The SMILES string of the molecule is Cc1ccccc1OCCC1COCCN1. The van der Waals surface area contributed by atoms with Gasteiger partial charge in [0.05, 0.1) is 19.8 Å². The lowest BCUT2D eigenvalue weighted by molar-refractivity contribution is 0.0691. The topological polar surface area (TPSA) is 30.5 Å². The zero-order valence-corrected chi connectivity index (χ0v) is 9.74. The largest absolute Gasteiger partial charge is 0.493 e. The molecule has 1 aliphatic heterocycles. The van der Waals surface area contributed by atoms with Crippen LogP contribution in [0.25, 0.3) is 0 Å². The van der Waals surface area contributed by atoms with Gasteiger partial charge in [-0.1, -0.05) is 18.2 Å². The van der Waals surface area contributed by atoms with E-state index in [9.17, 15) is 0 Å². The second kappa shape index (κ2) is 5.87. The maximum absolute atomic E-state index is 5.74. The molecule has 1 unspecified atom stereocenters. The highest BCUT2D eigenvalue weighted by Crippen LogP contribution is 2.16. The number of nitrogens with one attached hydrogen (secondary N) is 1. The number of benzene rings is 1. The normalized spacial score (nSPS) is 20.7. The van der Waals surface area contributed by atoms with Gasteiger partial charge in [0.15, 0.2) is 0 Å². The molecule has 1 heterocycles. The van der Waals surface area contributed by atoms with Gasteiger partial charge in [0.25, 0.3) is 0 Å². The van der Waals surface area contributed by atoms with E-state index < -0.39 is 0 Å². The Kier molecular flexibility index (Phi) is 4.19. The monoisotopic (exact) mass is 221 g/mol. The van der Waals surface area contributed by atoms with Crippen molar-refractivity contribution >= 4 is 0 Å². The third-order valence-electron chi connectivity index (χ3n) is 2.82. The Balaban J connectivity index is 1.73. The average molecular weight is 221 g/mol. The van der Waals surface area contributed by atoms with Crippen molar-refractivity contribution < 1.29 is 9.47 Å². The lowest BCUT2D eigenvalue weighted by Crippen LogP contribution is -2.42. The standard InChI is InChI=1S/C13H19NO2/c1-11-4-2-3-5-13(11)16-8-6-12-10-15-9-7-14-12/h2-5,12,14H,6-10H2,1H3. The van der Waals surface area contributed by atoms with Crippen LogP contribution in [0.5, 0.6) is 5.75 Å². The van der Waals surface area contributed by atoms with Gasteiger partial charge in [0.1, 0.15) is 5.75 Å². The van der Waals surface area contributed by atoms with Crippen LogP contribution >= 0.6 is 0 Å². The van der Waals surface area contributed by atoms with Gasteiger partial charge in [-0.25, -0.2) is 0 Å². The smallest absolute Gasteiger partial charge is 0.122 e. The predicted molar refractivity (Wildman–Crippen MR) is 63.9 cm³/mol. The van der Waals surface area contributed by atoms with Crippen LogP contribution in [0.15, 0.2) is 24.3 Å². The molecule has 1 aromatic carbocycles. The van der Waals surface area contributed by atoms with Gasteiger partial charge in [-0.15, -0.1) is 0 Å². The van der Waals surface area contributed by atoms with E-state index in [0.29, 0.717) is 6.04 Å². The summed E-state index contributed by atoms with van der Waals surface area (Å²) in [7, 11) is 0. The summed E-state index contributed by atoms with van der Waals surface area (Å²) in [6.45, 7) is 5.39. The van der Waals surface area contributed by atoms with E-state index in [1.807, 2.05) is 18.2 Å². The third-order valence-corrected chi connectivity index (χ3v) is 2.82. The Hall–Kier alpha value is -1.06. The zero-order chi connectivity index (χ0) is 11.2. The summed E-state index contributed by atoms with van der Waals surface area (Å²) in [6, 6.07) is 8.55. The van der Waals surface area contributed by atoms with Crippen molar-refractivity contribution in [1.82, 2.24) is 5.32 Å². The molecular weight excluding hydrogens is 202 g/mol. The van der Waals surface area contributed by atoms with Gasteiger partial charge < -0.3 is 14.8 Å². The molecule has 0 aromatic heterocycles. The van der Waals surface area contributed by atoms with Crippen LogP contribution in [0, 0.1) is 6.92 Å². The van der Waals surface area contributed by atoms with Crippen molar-refractivity contribution in [3.63, 3.8) is 0 Å². The van der Waals surface area contributed by atoms with Crippen molar-refractivity contribution in [1.29, 1.82) is 0 Å². The quantitative estimate of drug-likeness (QED) is 0.840. The minimum atomic E-state index is 0.442. The van der Waals surface area contributed by atoms with Crippen molar-refractivity contribution in [2.24, 2.45) is 0 Å². The molecule has 0 aliphatic carbocycles. The van der Waals surface area contributed by atoms with Crippen molar-refractivity contribution in [2.75, 3.05) is 26.4 Å². The minimum absolute atomic E-state index is 0.442. The van der Waals surface area contributed by atoms with Crippen LogP contribution in [0.1, 0.15) is 12.0 Å². The first-order valence-corrected chi connectivity index (χ1v) is 5.86. The van der Waals surface area contributed by atoms with Crippen molar-refractivity contribution in [3.05, 3.63) is 29.8 Å². The number of hydrogen-bond donors (Lipinski definition) is 1. The summed E-state index contributed by atoms with van der Waals surface area (Å²) in [5.74, 6) is 0.985. The summed E-state index contributed by atoms with van der Waals surface area (Å²) < 4.78 is 11.1. The second-order valence-electron chi connectivity index (χ2n) is 4.13. The molecule has 1 atom stereocenters. The van der Waals surface area contributed by atoms with E-state index >= 15 is 0 Å². The fourth-order valence-electron chi connectivity index (χ4n) is 1.83. The van der Waals surface area contributed by atoms with Crippen molar-refractivity contribution in [2.45, 2.75) is 19.4 Å². The molecule has 0 bridgehead atoms. The molecule has 1 saturated heterocycles. The molecule has 88 valence electrons. The van der Waals surface area contributed by atoms with Crippen LogP contribution < -0.4 is 10.1 Å². The molecule has 3 nitrogen and oxygen atoms in total. The zero-order valence-electron chi connectivity index (χ0n) is 9.74. The first kappa shape index (κ1) is 11.4. The molecular formula is C13H19NO2. The van der Waals surface area contributed by atoms with E-state index in [-0.39, 0.29) is 0 Å². The Bertz CT molecular complexity index is 321. The van der Waals surface area contributed by atoms with E-state index in [1.54, 1.807) is 0 Å². The van der Waals surface area contributed by atoms with Gasteiger partial charge in [0, 0.05) is 12.6 Å². The summed E-state index contributed by atoms with van der Waals surface area (Å²) in [5.41, 5.74) is 1.19. The number of morpholine rings is 1. The van der Waals surface area contributed by atoms with Gasteiger partial charge in [-0.05, 0) is 25.0 Å². The first-order chi connectivity index (χ1) is 7.86. The van der Waals surface area contributed by atoms with Crippen molar-refractivity contribution in [3.8, 4) is 5.75 Å². The molecule has 1 N–H and O–H groups in total. The minimum Gasteiger partial charge on any atom is -0.493 e. The Morgan fingerprint density at radius 2 is 2.31 bits per heavy atom. The number of para-hydroxylation sites is 1. The fraction of sp³-hybridized carbons (Fsp3) is 0.538. The maximum Gasteiger partial charge on any atom is 0.122 e. The number of rotatable bonds is 4. The third kappa shape index (κ3) is 3.22. The molecule has 2 rings (SSSR count). The molecule has 0 spiro atoms. The highest BCUT2D eigenvalue weighted by Gasteiger charge is 2.12. The average Bonchev–Trinajstić information content (AvgIpc) is 2.33. The van der Waals surface area contributed by atoms with Crippen LogP contribution in [0.2, 0.25) is 0 Å². The van der Waals surface area contributed by atoms with Crippen LogP contribution in [0.4, 0.5) is 0 Å². The summed E-state index contributed by atoms with van der Waals surface area (Å²) in [4.78, 5) is 0. The number of hydrogen-bond acceptors (Lipinski definition) is 3. The summed E-state index contributed by atoms with van der Waals surface area (Å²) in [5, 5.41) is 3.41. The van der Waals surface area contributed by atoms with E-state index in [0.717, 1.165) is 38.5 Å². The van der Waals surface area contributed by atoms with Crippen LogP contribution in [-0.2, 0) is 4.74 Å². The van der Waals surface area contributed by atoms with Gasteiger partial charge in [-0.3, -0.25) is 0 Å². The molecule has 1 fully saturated rings. The molecule has 0 radical (unpaired) electrons. The maximum atomic E-state index is 5.74. The van der Waals surface area contributed by atoms with Crippen LogP contribution in [-0.4, -0.2) is 32.4 Å². The molecule has 0 saturated carbocycles. The Labute approximate surface area is 96.8 Å². The lowest BCUT2D eigenvalue weighted by atomic mass is 10.2. The second-order valence-corrected chi connectivity index (χ2v) is 4.13. The summed E-state index contributed by atoms with van der Waals surface area (Å²) >= 11 is 0. The highest BCUT2D eigenvalue weighted by molar-refractivity contribution is 5.31. The molecule has 16 heavy (non-hydrogen) atoms. The number of aryl methyl sites for hydroxylation is 1. The lowest BCUT2D eigenvalue weighted by Gasteiger charge is -2.23. The Morgan fingerprint density at radius 1 is 1.44 bits per heavy atom. The van der Waals surface area contributed by atoms with Gasteiger partial charge in [-0.2, -0.15) is 0 Å². The molecule has 1 aliphatic rings. The predicted octanol–water partition coefficient (Wildman–Crippen LogP) is 1.75. The highest BCUT2D eigenvalue weighted by atomic mass is 16.5. The Morgan fingerprint density at radius 3 is 3.06 bits per heavy atom. The first-order valence-electron chi connectivity index (χ1n) is 5.86. The molecule has 0 amide bonds. The van der Waals surface area contributed by atoms with E-state index in [4.69, 9.17) is 9.47 Å². The van der Waals surface area contributed by atoms with E-state index in [2.05, 4.69) is 18.3 Å². The summed E-state index contributed by atoms with van der Waals surface area (Å²) in [6.07, 6.45) is 0.994. The van der Waals surface area contributed by atoms with E-state index in [1.165, 1.54) is 5.56 Å². The van der Waals surface area contributed by atoms with Gasteiger partial charge in [0.2, 0.25) is 0 Å².